The number of fused-ring (bicyclic) bond motifs is 1. The number of piperidine rings is 1. The first kappa shape index (κ1) is 17.4. The van der Waals surface area contributed by atoms with Gasteiger partial charge in [0.2, 0.25) is 11.8 Å². The van der Waals surface area contributed by atoms with Crippen LogP contribution in [0.3, 0.4) is 0 Å². The van der Waals surface area contributed by atoms with Gasteiger partial charge >= 0.3 is 0 Å². The number of carbonyl (C=O) groups excluding carboxylic acids is 3. The maximum atomic E-state index is 12.8. The minimum Gasteiger partial charge on any atom is -0.374 e. The van der Waals surface area contributed by atoms with Gasteiger partial charge in [0.1, 0.15) is 6.04 Å². The molecule has 2 heterocycles. The molecule has 0 aliphatic carbocycles. The number of nitrogens with one attached hydrogen (secondary N) is 1. The summed E-state index contributed by atoms with van der Waals surface area (Å²) >= 11 is 0. The van der Waals surface area contributed by atoms with Crippen LogP contribution in [0.15, 0.2) is 18.2 Å². The molecule has 0 bridgehead atoms. The molecule has 25 heavy (non-hydrogen) atoms. The van der Waals surface area contributed by atoms with Crippen molar-refractivity contribution in [3.8, 4) is 0 Å². The van der Waals surface area contributed by atoms with Crippen LogP contribution in [0, 0.1) is 0 Å². The normalized spacial score (nSPS) is 19.8. The summed E-state index contributed by atoms with van der Waals surface area (Å²) in [5, 5.41) is 2.33. The van der Waals surface area contributed by atoms with E-state index in [1.54, 1.807) is 11.0 Å². The van der Waals surface area contributed by atoms with Crippen molar-refractivity contribution in [2.75, 3.05) is 25.0 Å². The average Bonchev–Trinajstić information content (AvgIpc) is 2.92. The first-order chi connectivity index (χ1) is 12.0. The summed E-state index contributed by atoms with van der Waals surface area (Å²) in [6.45, 7) is 1.93. The van der Waals surface area contributed by atoms with E-state index >= 15 is 0 Å². The van der Waals surface area contributed by atoms with E-state index < -0.39 is 6.04 Å². The molecule has 1 unspecified atom stereocenters. The van der Waals surface area contributed by atoms with Crippen molar-refractivity contribution in [1.82, 2.24) is 10.2 Å². The first-order valence-electron chi connectivity index (χ1n) is 8.70. The fourth-order valence-electron chi connectivity index (χ4n) is 3.54. The minimum absolute atomic E-state index is 0.137. The van der Waals surface area contributed by atoms with Crippen molar-refractivity contribution >= 4 is 23.4 Å². The SMILES string of the molecule is CN(CCCCN)c1cccc2c1CN(C1CCC(=O)NC1=O)C2=O. The maximum absolute atomic E-state index is 12.8. The molecule has 134 valence electrons. The lowest BCUT2D eigenvalue weighted by Crippen LogP contribution is -2.52. The molecule has 7 heteroatoms. The molecule has 0 aromatic heterocycles. The third-order valence-corrected chi connectivity index (χ3v) is 4.92. The summed E-state index contributed by atoms with van der Waals surface area (Å²) < 4.78 is 0. The molecule has 0 radical (unpaired) electrons. The summed E-state index contributed by atoms with van der Waals surface area (Å²) in [5.74, 6) is -0.789. The van der Waals surface area contributed by atoms with E-state index in [0.717, 1.165) is 30.6 Å². The Hall–Kier alpha value is -2.41. The molecule has 2 aliphatic heterocycles. The molecular formula is C18H24N4O3. The highest BCUT2D eigenvalue weighted by Crippen LogP contribution is 2.33. The molecular weight excluding hydrogens is 320 g/mol. The quantitative estimate of drug-likeness (QED) is 0.583. The molecule has 7 nitrogen and oxygen atoms in total. The highest BCUT2D eigenvalue weighted by molar-refractivity contribution is 6.06. The number of imide groups is 1. The van der Waals surface area contributed by atoms with Crippen molar-refractivity contribution in [2.45, 2.75) is 38.3 Å². The fourth-order valence-corrected chi connectivity index (χ4v) is 3.54. The Bertz CT molecular complexity index is 704. The van der Waals surface area contributed by atoms with Crippen LogP contribution in [-0.4, -0.2) is 48.8 Å². The largest absolute Gasteiger partial charge is 0.374 e. The summed E-state index contributed by atoms with van der Waals surface area (Å²) in [4.78, 5) is 40.0. The summed E-state index contributed by atoms with van der Waals surface area (Å²) in [6, 6.07) is 5.11. The molecule has 1 saturated heterocycles. The Balaban J connectivity index is 1.80. The Kier molecular flexibility index (Phi) is 5.03. The second-order valence-electron chi connectivity index (χ2n) is 6.62. The van der Waals surface area contributed by atoms with E-state index in [2.05, 4.69) is 10.2 Å². The van der Waals surface area contributed by atoms with Crippen LogP contribution in [0.4, 0.5) is 5.69 Å². The lowest BCUT2D eigenvalue weighted by molar-refractivity contribution is -0.136. The van der Waals surface area contributed by atoms with Crippen LogP contribution < -0.4 is 16.0 Å². The summed E-state index contributed by atoms with van der Waals surface area (Å²) in [7, 11) is 2.01. The van der Waals surface area contributed by atoms with Gasteiger partial charge in [-0.3, -0.25) is 19.7 Å². The van der Waals surface area contributed by atoms with Crippen molar-refractivity contribution in [3.63, 3.8) is 0 Å². The third kappa shape index (κ3) is 3.37. The smallest absolute Gasteiger partial charge is 0.255 e. The van der Waals surface area contributed by atoms with Crippen LogP contribution in [0.1, 0.15) is 41.6 Å². The number of nitrogens with zero attached hydrogens (tertiary/aromatic N) is 2. The number of hydrogen-bond donors (Lipinski definition) is 2. The monoisotopic (exact) mass is 344 g/mol. The van der Waals surface area contributed by atoms with Crippen LogP contribution in [0.5, 0.6) is 0 Å². The van der Waals surface area contributed by atoms with E-state index in [-0.39, 0.29) is 24.1 Å². The number of unbranched alkanes of at least 4 members (excludes halogenated alkanes) is 1. The highest BCUT2D eigenvalue weighted by Gasteiger charge is 2.40. The molecule has 1 fully saturated rings. The van der Waals surface area contributed by atoms with Crippen LogP contribution >= 0.6 is 0 Å². The van der Waals surface area contributed by atoms with Crippen molar-refractivity contribution in [1.29, 1.82) is 0 Å². The fraction of sp³-hybridized carbons (Fsp3) is 0.500. The van der Waals surface area contributed by atoms with Gasteiger partial charge in [0.05, 0.1) is 0 Å². The third-order valence-electron chi connectivity index (χ3n) is 4.92. The van der Waals surface area contributed by atoms with Crippen molar-refractivity contribution in [2.24, 2.45) is 5.73 Å². The zero-order valence-corrected chi connectivity index (χ0v) is 14.5. The second kappa shape index (κ2) is 7.23. The predicted octanol–water partition coefficient (Wildman–Crippen LogP) is 0.623. The molecule has 0 spiro atoms. The molecule has 1 aromatic carbocycles. The van der Waals surface area contributed by atoms with E-state index in [1.165, 1.54) is 0 Å². The van der Waals surface area contributed by atoms with E-state index in [0.29, 0.717) is 25.1 Å². The molecule has 2 aliphatic rings. The average molecular weight is 344 g/mol. The number of rotatable bonds is 6. The zero-order valence-electron chi connectivity index (χ0n) is 14.5. The van der Waals surface area contributed by atoms with Crippen LogP contribution in [-0.2, 0) is 16.1 Å². The van der Waals surface area contributed by atoms with E-state index in [1.807, 2.05) is 19.2 Å². The molecule has 1 atom stereocenters. The van der Waals surface area contributed by atoms with Gasteiger partial charge in [-0.2, -0.15) is 0 Å². The van der Waals surface area contributed by atoms with Gasteiger partial charge in [-0.15, -0.1) is 0 Å². The molecule has 0 saturated carbocycles. The summed E-state index contributed by atoms with van der Waals surface area (Å²) in [5.41, 5.74) is 8.16. The van der Waals surface area contributed by atoms with Gasteiger partial charge in [-0.05, 0) is 37.9 Å². The Morgan fingerprint density at radius 1 is 1.28 bits per heavy atom. The van der Waals surface area contributed by atoms with Crippen molar-refractivity contribution < 1.29 is 14.4 Å². The van der Waals surface area contributed by atoms with Gasteiger partial charge in [-0.25, -0.2) is 0 Å². The maximum Gasteiger partial charge on any atom is 0.255 e. The van der Waals surface area contributed by atoms with Gasteiger partial charge < -0.3 is 15.5 Å². The van der Waals surface area contributed by atoms with Gasteiger partial charge in [0.25, 0.3) is 5.91 Å². The Labute approximate surface area is 147 Å². The second-order valence-corrected chi connectivity index (χ2v) is 6.62. The van der Waals surface area contributed by atoms with Crippen LogP contribution in [0.25, 0.3) is 0 Å². The predicted molar refractivity (Wildman–Crippen MR) is 94.0 cm³/mol. The summed E-state index contributed by atoms with van der Waals surface area (Å²) in [6.07, 6.45) is 2.59. The highest BCUT2D eigenvalue weighted by atomic mass is 16.2. The zero-order chi connectivity index (χ0) is 18.0. The Morgan fingerprint density at radius 2 is 2.08 bits per heavy atom. The molecule has 3 amide bonds. The molecule has 3 N–H and O–H groups in total. The number of hydrogen-bond acceptors (Lipinski definition) is 5. The van der Waals surface area contributed by atoms with Crippen molar-refractivity contribution in [3.05, 3.63) is 29.3 Å². The number of amides is 3. The number of anilines is 1. The van der Waals surface area contributed by atoms with E-state index in [4.69, 9.17) is 5.73 Å². The van der Waals surface area contributed by atoms with Gasteiger partial charge in [0, 0.05) is 43.4 Å². The van der Waals surface area contributed by atoms with Gasteiger partial charge in [0.15, 0.2) is 0 Å². The lowest BCUT2D eigenvalue weighted by atomic mass is 10.0. The van der Waals surface area contributed by atoms with Crippen LogP contribution in [0.2, 0.25) is 0 Å². The first-order valence-corrected chi connectivity index (χ1v) is 8.70. The molecule has 1 aromatic rings. The molecule has 3 rings (SSSR count). The van der Waals surface area contributed by atoms with E-state index in [9.17, 15) is 14.4 Å². The number of nitrogens with two attached hydrogens (primary N) is 1. The topological polar surface area (TPSA) is 95.7 Å². The number of carbonyl (C=O) groups is 3. The van der Waals surface area contributed by atoms with Gasteiger partial charge in [-0.1, -0.05) is 6.07 Å². The minimum atomic E-state index is -0.576. The number of benzene rings is 1. The lowest BCUT2D eigenvalue weighted by Gasteiger charge is -2.29. The standard InChI is InChI=1S/C18H24N4O3/c1-21(10-3-2-9-19)14-6-4-5-12-13(14)11-22(18(12)25)15-7-8-16(23)20-17(15)24/h4-6,15H,2-3,7-11,19H2,1H3,(H,20,23,24). The Morgan fingerprint density at radius 3 is 2.80 bits per heavy atom.